The van der Waals surface area contributed by atoms with E-state index >= 15 is 0 Å². The molecule has 2 amide bonds. The molecule has 0 saturated heterocycles. The van der Waals surface area contributed by atoms with E-state index < -0.39 is 21.4 Å². The summed E-state index contributed by atoms with van der Waals surface area (Å²) in [5.74, 6) is -1.63. The van der Waals surface area contributed by atoms with E-state index in [-0.39, 0.29) is 99.9 Å². The Labute approximate surface area is 378 Å². The molecule has 0 aliphatic rings. The maximum absolute atomic E-state index is 13.1. The molecule has 0 atom stereocenters. The number of benzene rings is 2. The Morgan fingerprint density at radius 2 is 1.22 bits per heavy atom. The molecule has 0 bridgehead atoms. The lowest BCUT2D eigenvalue weighted by atomic mass is 10.0. The fraction of sp³-hybridized carbons (Fsp3) is 0.553. The van der Waals surface area contributed by atoms with Gasteiger partial charge in [0.2, 0.25) is 5.91 Å². The number of nitrogens with one attached hydrogen (secondary N) is 2. The third-order valence-electron chi connectivity index (χ3n) is 9.36. The van der Waals surface area contributed by atoms with E-state index in [0.29, 0.717) is 24.5 Å². The van der Waals surface area contributed by atoms with Gasteiger partial charge < -0.3 is 44.2 Å². The van der Waals surface area contributed by atoms with Gasteiger partial charge in [0.25, 0.3) is 5.91 Å². The number of aliphatic carboxylic acids is 1. The number of carboxylic acid groups (broad SMARTS) is 1. The van der Waals surface area contributed by atoms with Crippen molar-refractivity contribution in [2.75, 3.05) is 72.6 Å². The van der Waals surface area contributed by atoms with Crippen molar-refractivity contribution in [3.63, 3.8) is 0 Å². The monoisotopic (exact) mass is 913 g/mol. The van der Waals surface area contributed by atoms with Crippen molar-refractivity contribution in [1.29, 1.82) is 0 Å². The van der Waals surface area contributed by atoms with Gasteiger partial charge in [-0.25, -0.2) is 13.2 Å². The highest BCUT2D eigenvalue weighted by atomic mass is 32.2. The number of carbonyl (C=O) groups is 4. The van der Waals surface area contributed by atoms with Gasteiger partial charge in [0.15, 0.2) is 9.84 Å². The molecule has 0 spiro atoms. The summed E-state index contributed by atoms with van der Waals surface area (Å²) in [7, 11) is -3.70. The van der Waals surface area contributed by atoms with Gasteiger partial charge in [0, 0.05) is 32.1 Å². The molecule has 354 valence electrons. The number of esters is 1. The first-order chi connectivity index (χ1) is 30.7. The Kier molecular flexibility index (Phi) is 25.2. The Morgan fingerprint density at radius 3 is 1.83 bits per heavy atom. The number of ether oxygens (including phenoxy) is 6. The first kappa shape index (κ1) is 53.4. The predicted octanol–water partition coefficient (Wildman–Crippen LogP) is 5.68. The van der Waals surface area contributed by atoms with Gasteiger partial charge in [-0.05, 0) is 87.6 Å². The molecule has 64 heavy (non-hydrogen) atoms. The van der Waals surface area contributed by atoms with Crippen LogP contribution in [0.4, 0.5) is 0 Å². The van der Waals surface area contributed by atoms with E-state index in [0.717, 1.165) is 38.5 Å². The van der Waals surface area contributed by atoms with Crippen LogP contribution in [0.2, 0.25) is 0 Å². The zero-order chi connectivity index (χ0) is 46.5. The van der Waals surface area contributed by atoms with Crippen molar-refractivity contribution >= 4 is 33.6 Å². The number of carbonyl (C=O) groups excluding carboxylic acids is 3. The first-order valence-corrected chi connectivity index (χ1v) is 23.6. The highest BCUT2D eigenvalue weighted by Gasteiger charge is 2.18. The molecular formula is C47H67N3O13S. The molecular weight excluding hydrogens is 847 g/mol. The fourth-order valence-electron chi connectivity index (χ4n) is 6.12. The van der Waals surface area contributed by atoms with E-state index in [1.807, 2.05) is 20.8 Å². The van der Waals surface area contributed by atoms with Crippen LogP contribution < -0.4 is 15.4 Å². The summed E-state index contributed by atoms with van der Waals surface area (Å²) in [6.45, 7) is 7.28. The Bertz CT molecular complexity index is 1920. The summed E-state index contributed by atoms with van der Waals surface area (Å²) in [6, 6.07) is 18.0. The van der Waals surface area contributed by atoms with Crippen LogP contribution in [-0.4, -0.2) is 120 Å². The second kappa shape index (κ2) is 30.2. The summed E-state index contributed by atoms with van der Waals surface area (Å²) in [6.07, 6.45) is 11.4. The Hall–Kier alpha value is -4.94. The Morgan fingerprint density at radius 1 is 0.641 bits per heavy atom. The van der Waals surface area contributed by atoms with Crippen molar-refractivity contribution in [2.24, 2.45) is 0 Å². The number of pyridine rings is 1. The van der Waals surface area contributed by atoms with Crippen LogP contribution in [0.15, 0.2) is 71.8 Å². The largest absolute Gasteiger partial charge is 0.493 e. The topological polar surface area (TPSA) is 215 Å². The smallest absolute Gasteiger partial charge is 0.329 e. The van der Waals surface area contributed by atoms with E-state index in [1.165, 1.54) is 60.9 Å². The molecule has 2 aromatic carbocycles. The molecule has 0 unspecified atom stereocenters. The number of amides is 2. The van der Waals surface area contributed by atoms with Crippen LogP contribution in [0.1, 0.15) is 99.3 Å². The number of rotatable bonds is 34. The summed E-state index contributed by atoms with van der Waals surface area (Å²) >= 11 is 0. The number of aryl methyl sites for hydroxylation is 1. The van der Waals surface area contributed by atoms with Gasteiger partial charge >= 0.3 is 11.9 Å². The number of hydrogen-bond acceptors (Lipinski definition) is 13. The van der Waals surface area contributed by atoms with Gasteiger partial charge in [-0.2, -0.15) is 0 Å². The molecule has 3 N–H and O–H groups in total. The average Bonchev–Trinajstić information content (AvgIpc) is 3.25. The lowest BCUT2D eigenvalue weighted by Crippen LogP contribution is -2.31. The van der Waals surface area contributed by atoms with E-state index in [4.69, 9.17) is 33.5 Å². The minimum atomic E-state index is -3.70. The molecule has 3 aromatic rings. The first-order valence-electron chi connectivity index (χ1n) is 22.0. The second-order valence-electron chi connectivity index (χ2n) is 16.1. The number of unbranched alkanes of at least 4 members (excludes halogenated alkanes) is 6. The summed E-state index contributed by atoms with van der Waals surface area (Å²) in [4.78, 5) is 50.8. The lowest BCUT2D eigenvalue weighted by Gasteiger charge is -2.19. The van der Waals surface area contributed by atoms with Crippen LogP contribution in [0.25, 0.3) is 0 Å². The van der Waals surface area contributed by atoms with Gasteiger partial charge in [0.1, 0.15) is 24.6 Å². The number of carboxylic acids is 1. The predicted molar refractivity (Wildman–Crippen MR) is 240 cm³/mol. The van der Waals surface area contributed by atoms with Crippen LogP contribution in [0, 0.1) is 0 Å². The minimum Gasteiger partial charge on any atom is -0.493 e. The van der Waals surface area contributed by atoms with Crippen molar-refractivity contribution < 1.29 is 61.1 Å². The van der Waals surface area contributed by atoms with E-state index in [2.05, 4.69) is 39.9 Å². The summed E-state index contributed by atoms with van der Waals surface area (Å²) in [5, 5.41) is 13.8. The maximum atomic E-state index is 13.1. The second-order valence-corrected chi connectivity index (χ2v) is 18.1. The van der Waals surface area contributed by atoms with Gasteiger partial charge in [-0.3, -0.25) is 19.4 Å². The molecule has 3 rings (SSSR count). The molecule has 16 nitrogen and oxygen atoms in total. The third kappa shape index (κ3) is 24.8. The SMILES string of the molecule is CC(C)(C)OC(=O)CCCCCCCCCc1ccc(CCOc2ccc(S(=O)(=O)Cc3ccc(C(=O)NCCOCCOCC(=O)NCCOCCOCC(=O)O)cn3)cc2)cc1. The number of nitrogens with zero attached hydrogens (tertiary/aromatic N) is 1. The summed E-state index contributed by atoms with van der Waals surface area (Å²) < 4.78 is 58.2. The standard InChI is InChI=1S/C47H67N3O13S/c1-47(2,3)63-45(54)12-10-8-6-4-5-7-9-11-37-13-15-38(16-14-37)23-26-62-41-19-21-42(22-20-41)64(56,57)36-40-18-17-39(33-50-40)46(55)49-25-28-59-29-31-60-34-43(51)48-24-27-58-30-32-61-35-44(52)53/h13-22,33H,4-12,23-32,34-36H2,1-3H3,(H,48,51)(H,49,55)(H,52,53). The molecule has 0 aliphatic carbocycles. The lowest BCUT2D eigenvalue weighted by molar-refractivity contribution is -0.155. The zero-order valence-corrected chi connectivity index (χ0v) is 38.4. The molecule has 0 fully saturated rings. The number of sulfone groups is 1. The highest BCUT2D eigenvalue weighted by molar-refractivity contribution is 7.90. The number of aromatic nitrogens is 1. The van der Waals surface area contributed by atoms with Gasteiger partial charge in [0.05, 0.1) is 68.2 Å². The molecule has 0 aliphatic heterocycles. The van der Waals surface area contributed by atoms with Crippen LogP contribution in [0.5, 0.6) is 5.75 Å². The fourth-order valence-corrected chi connectivity index (χ4v) is 7.39. The van der Waals surface area contributed by atoms with Crippen LogP contribution >= 0.6 is 0 Å². The van der Waals surface area contributed by atoms with Crippen molar-refractivity contribution in [3.8, 4) is 5.75 Å². The quantitative estimate of drug-likeness (QED) is 0.0486. The van der Waals surface area contributed by atoms with Crippen LogP contribution in [0.3, 0.4) is 0 Å². The Balaban J connectivity index is 1.21. The molecule has 1 heterocycles. The highest BCUT2D eigenvalue weighted by Crippen LogP contribution is 2.21. The normalized spacial score (nSPS) is 11.5. The molecule has 1 aromatic heterocycles. The minimum absolute atomic E-state index is 0.109. The molecule has 17 heteroatoms. The van der Waals surface area contributed by atoms with Crippen molar-refractivity contribution in [3.05, 3.63) is 89.2 Å². The molecule has 0 saturated carbocycles. The molecule has 0 radical (unpaired) electrons. The maximum Gasteiger partial charge on any atom is 0.329 e. The van der Waals surface area contributed by atoms with E-state index in [1.54, 1.807) is 12.1 Å². The zero-order valence-electron chi connectivity index (χ0n) is 37.6. The van der Waals surface area contributed by atoms with Crippen molar-refractivity contribution in [1.82, 2.24) is 15.6 Å². The van der Waals surface area contributed by atoms with Gasteiger partial charge in [-0.15, -0.1) is 0 Å². The number of hydrogen-bond donors (Lipinski definition) is 3. The van der Waals surface area contributed by atoms with Gasteiger partial charge in [-0.1, -0.05) is 56.4 Å². The average molecular weight is 914 g/mol. The summed E-state index contributed by atoms with van der Waals surface area (Å²) in [5.41, 5.74) is 2.64. The van der Waals surface area contributed by atoms with Crippen LogP contribution in [-0.2, 0) is 66.5 Å². The third-order valence-corrected chi connectivity index (χ3v) is 11.0. The van der Waals surface area contributed by atoms with E-state index in [9.17, 15) is 27.6 Å². The van der Waals surface area contributed by atoms with Crippen molar-refractivity contribution in [2.45, 2.75) is 101 Å².